The van der Waals surface area contributed by atoms with E-state index in [1.165, 1.54) is 12.8 Å². The van der Waals surface area contributed by atoms with E-state index in [4.69, 9.17) is 4.74 Å². The average molecular weight is 272 g/mol. The number of rotatable bonds is 10. The van der Waals surface area contributed by atoms with Crippen LogP contribution in [-0.4, -0.2) is 61.0 Å². The van der Waals surface area contributed by atoms with Crippen molar-refractivity contribution in [2.45, 2.75) is 64.6 Å². The summed E-state index contributed by atoms with van der Waals surface area (Å²) < 4.78 is 5.49. The maximum absolute atomic E-state index is 10.1. The second kappa shape index (κ2) is 9.70. The highest BCUT2D eigenvalue weighted by Crippen LogP contribution is 2.10. The Morgan fingerprint density at radius 2 is 2.21 bits per heavy atom. The van der Waals surface area contributed by atoms with Gasteiger partial charge in [0, 0.05) is 31.8 Å². The van der Waals surface area contributed by atoms with Gasteiger partial charge in [-0.1, -0.05) is 13.3 Å². The van der Waals surface area contributed by atoms with Gasteiger partial charge in [0.2, 0.25) is 0 Å². The van der Waals surface area contributed by atoms with Crippen LogP contribution >= 0.6 is 0 Å². The minimum Gasteiger partial charge on any atom is -0.389 e. The van der Waals surface area contributed by atoms with E-state index in [0.29, 0.717) is 25.2 Å². The number of aliphatic hydroxyl groups is 1. The zero-order chi connectivity index (χ0) is 14.1. The summed E-state index contributed by atoms with van der Waals surface area (Å²) in [6.07, 6.45) is 4.38. The molecule has 2 unspecified atom stereocenters. The Bertz CT molecular complexity index is 218. The molecule has 1 rings (SSSR count). The predicted molar refractivity (Wildman–Crippen MR) is 79.5 cm³/mol. The summed E-state index contributed by atoms with van der Waals surface area (Å²) in [6.45, 7) is 10.6. The highest BCUT2D eigenvalue weighted by molar-refractivity contribution is 4.80. The zero-order valence-electron chi connectivity index (χ0n) is 12.9. The van der Waals surface area contributed by atoms with Gasteiger partial charge in [-0.05, 0) is 39.7 Å². The van der Waals surface area contributed by atoms with Gasteiger partial charge in [0.25, 0.3) is 0 Å². The van der Waals surface area contributed by atoms with Crippen molar-refractivity contribution in [3.8, 4) is 0 Å². The van der Waals surface area contributed by atoms with Crippen molar-refractivity contribution in [3.63, 3.8) is 0 Å². The van der Waals surface area contributed by atoms with Gasteiger partial charge in [-0.2, -0.15) is 0 Å². The SMILES string of the molecule is CCCCOCC(O)CN(CC1CCCN1)C(C)C. The van der Waals surface area contributed by atoms with Crippen LogP contribution < -0.4 is 5.32 Å². The number of hydrogen-bond donors (Lipinski definition) is 2. The Balaban J connectivity index is 2.23. The van der Waals surface area contributed by atoms with Crippen molar-refractivity contribution in [1.29, 1.82) is 0 Å². The summed E-state index contributed by atoms with van der Waals surface area (Å²) in [7, 11) is 0. The molecule has 4 heteroatoms. The smallest absolute Gasteiger partial charge is 0.0900 e. The molecule has 0 spiro atoms. The second-order valence-electron chi connectivity index (χ2n) is 5.92. The molecular weight excluding hydrogens is 240 g/mol. The molecule has 1 saturated heterocycles. The van der Waals surface area contributed by atoms with Crippen LogP contribution in [0.25, 0.3) is 0 Å². The maximum atomic E-state index is 10.1. The summed E-state index contributed by atoms with van der Waals surface area (Å²) in [4.78, 5) is 2.36. The molecule has 1 aliphatic rings. The summed E-state index contributed by atoms with van der Waals surface area (Å²) in [5.41, 5.74) is 0. The predicted octanol–water partition coefficient (Wildman–Crippen LogP) is 1.63. The molecule has 0 bridgehead atoms. The van der Waals surface area contributed by atoms with Crippen LogP contribution in [0.4, 0.5) is 0 Å². The number of aliphatic hydroxyl groups excluding tert-OH is 1. The number of nitrogens with zero attached hydrogens (tertiary/aromatic N) is 1. The summed E-state index contributed by atoms with van der Waals surface area (Å²) in [6, 6.07) is 1.06. The van der Waals surface area contributed by atoms with E-state index in [2.05, 4.69) is 31.0 Å². The van der Waals surface area contributed by atoms with E-state index in [0.717, 1.165) is 32.5 Å². The van der Waals surface area contributed by atoms with Gasteiger partial charge in [-0.15, -0.1) is 0 Å². The molecule has 0 amide bonds. The molecule has 0 aromatic carbocycles. The van der Waals surface area contributed by atoms with Crippen molar-refractivity contribution in [3.05, 3.63) is 0 Å². The Kier molecular flexibility index (Phi) is 8.62. The molecule has 0 aromatic rings. The minimum absolute atomic E-state index is 0.374. The van der Waals surface area contributed by atoms with Gasteiger partial charge >= 0.3 is 0 Å². The topological polar surface area (TPSA) is 44.7 Å². The van der Waals surface area contributed by atoms with Gasteiger partial charge in [0.1, 0.15) is 0 Å². The standard InChI is InChI=1S/C15H32N2O2/c1-4-5-9-19-12-15(18)11-17(13(2)3)10-14-7-6-8-16-14/h13-16,18H,4-12H2,1-3H3. The lowest BCUT2D eigenvalue weighted by atomic mass is 10.1. The second-order valence-corrected chi connectivity index (χ2v) is 5.92. The first-order chi connectivity index (χ1) is 9.13. The highest BCUT2D eigenvalue weighted by Gasteiger charge is 2.21. The zero-order valence-corrected chi connectivity index (χ0v) is 12.9. The molecule has 2 atom stereocenters. The number of hydrogen-bond acceptors (Lipinski definition) is 4. The molecule has 0 aliphatic carbocycles. The monoisotopic (exact) mass is 272 g/mol. The Morgan fingerprint density at radius 1 is 1.42 bits per heavy atom. The largest absolute Gasteiger partial charge is 0.389 e. The third-order valence-electron chi connectivity index (χ3n) is 3.75. The minimum atomic E-state index is -0.374. The highest BCUT2D eigenvalue weighted by atomic mass is 16.5. The lowest BCUT2D eigenvalue weighted by Gasteiger charge is -2.31. The number of nitrogens with one attached hydrogen (secondary N) is 1. The summed E-state index contributed by atoms with van der Waals surface area (Å²) >= 11 is 0. The van der Waals surface area contributed by atoms with Crippen LogP contribution in [0.5, 0.6) is 0 Å². The van der Waals surface area contributed by atoms with Crippen LogP contribution in [0.15, 0.2) is 0 Å². The quantitative estimate of drug-likeness (QED) is 0.593. The van der Waals surface area contributed by atoms with E-state index < -0.39 is 0 Å². The first kappa shape index (κ1) is 16.9. The van der Waals surface area contributed by atoms with Crippen LogP contribution in [-0.2, 0) is 4.74 Å². The van der Waals surface area contributed by atoms with E-state index in [1.807, 2.05) is 0 Å². The van der Waals surface area contributed by atoms with Crippen LogP contribution in [0.1, 0.15) is 46.5 Å². The average Bonchev–Trinajstić information content (AvgIpc) is 2.86. The van der Waals surface area contributed by atoms with Gasteiger partial charge < -0.3 is 15.2 Å². The van der Waals surface area contributed by atoms with E-state index in [1.54, 1.807) is 0 Å². The van der Waals surface area contributed by atoms with Crippen LogP contribution in [0.3, 0.4) is 0 Å². The Morgan fingerprint density at radius 3 is 2.79 bits per heavy atom. The molecule has 4 nitrogen and oxygen atoms in total. The number of unbranched alkanes of at least 4 members (excludes halogenated alkanes) is 1. The van der Waals surface area contributed by atoms with E-state index in [-0.39, 0.29) is 6.10 Å². The molecule has 0 aromatic heterocycles. The van der Waals surface area contributed by atoms with Gasteiger partial charge in [0.15, 0.2) is 0 Å². The molecule has 0 saturated carbocycles. The fraction of sp³-hybridized carbons (Fsp3) is 1.00. The Labute approximate surface area is 118 Å². The van der Waals surface area contributed by atoms with E-state index >= 15 is 0 Å². The van der Waals surface area contributed by atoms with Crippen molar-refractivity contribution in [1.82, 2.24) is 10.2 Å². The molecule has 1 aliphatic heterocycles. The molecule has 114 valence electrons. The van der Waals surface area contributed by atoms with Gasteiger partial charge in [0.05, 0.1) is 12.7 Å². The van der Waals surface area contributed by atoms with Crippen LogP contribution in [0, 0.1) is 0 Å². The third kappa shape index (κ3) is 7.25. The lowest BCUT2D eigenvalue weighted by Crippen LogP contribution is -2.45. The fourth-order valence-electron chi connectivity index (χ4n) is 2.48. The normalized spacial score (nSPS) is 21.5. The first-order valence-electron chi connectivity index (χ1n) is 7.86. The van der Waals surface area contributed by atoms with Crippen molar-refractivity contribution >= 4 is 0 Å². The first-order valence-corrected chi connectivity index (χ1v) is 7.86. The number of ether oxygens (including phenoxy) is 1. The van der Waals surface area contributed by atoms with Crippen LogP contribution in [0.2, 0.25) is 0 Å². The van der Waals surface area contributed by atoms with Crippen molar-refractivity contribution in [2.75, 3.05) is 32.8 Å². The third-order valence-corrected chi connectivity index (χ3v) is 3.75. The molecule has 0 radical (unpaired) electrons. The Hall–Kier alpha value is -0.160. The summed E-state index contributed by atoms with van der Waals surface area (Å²) in [5, 5.41) is 13.6. The van der Waals surface area contributed by atoms with E-state index in [9.17, 15) is 5.11 Å². The molecule has 1 fully saturated rings. The van der Waals surface area contributed by atoms with Crippen molar-refractivity contribution in [2.24, 2.45) is 0 Å². The van der Waals surface area contributed by atoms with Gasteiger partial charge in [-0.3, -0.25) is 4.90 Å². The molecule has 2 N–H and O–H groups in total. The molecule has 19 heavy (non-hydrogen) atoms. The molecular formula is C15H32N2O2. The molecule has 1 heterocycles. The maximum Gasteiger partial charge on any atom is 0.0900 e. The lowest BCUT2D eigenvalue weighted by molar-refractivity contribution is 0.00887. The van der Waals surface area contributed by atoms with Crippen molar-refractivity contribution < 1.29 is 9.84 Å². The summed E-state index contributed by atoms with van der Waals surface area (Å²) in [5.74, 6) is 0. The fourth-order valence-corrected chi connectivity index (χ4v) is 2.48. The van der Waals surface area contributed by atoms with Gasteiger partial charge in [-0.25, -0.2) is 0 Å².